The summed E-state index contributed by atoms with van der Waals surface area (Å²) in [6.07, 6.45) is 0. The predicted molar refractivity (Wildman–Crippen MR) is 94.3 cm³/mol. The van der Waals surface area contributed by atoms with Crippen molar-refractivity contribution in [2.75, 3.05) is 0 Å². The third-order valence-electron chi connectivity index (χ3n) is 3.72. The molecule has 0 amide bonds. The molecule has 0 heterocycles. The monoisotopic (exact) mass is 334 g/mol. The summed E-state index contributed by atoms with van der Waals surface area (Å²) in [5.41, 5.74) is 1.61. The molecule has 2 rings (SSSR count). The van der Waals surface area contributed by atoms with Crippen LogP contribution in [0.1, 0.15) is 52.7 Å². The lowest BCUT2D eigenvalue weighted by atomic mass is 9.87. The normalized spacial score (nSPS) is 12.5. The first-order chi connectivity index (χ1) is 10.5. The number of benzene rings is 2. The lowest BCUT2D eigenvalue weighted by molar-refractivity contribution is 0.557. The average Bonchev–Trinajstić information content (AvgIpc) is 2.40. The Hall–Kier alpha value is -1.35. The summed E-state index contributed by atoms with van der Waals surface area (Å²) in [7, 11) is 0. The molecule has 0 saturated carbocycles. The first-order valence-electron chi connectivity index (χ1n) is 7.76. The van der Waals surface area contributed by atoms with E-state index in [-0.39, 0.29) is 22.5 Å². The molecule has 0 bridgehead atoms. The zero-order valence-corrected chi connectivity index (χ0v) is 15.4. The minimum absolute atomic E-state index is 0.160. The molecule has 0 nitrogen and oxygen atoms in total. The van der Waals surface area contributed by atoms with Crippen molar-refractivity contribution in [3.63, 3.8) is 0 Å². The molecule has 0 aliphatic rings. The zero-order chi connectivity index (χ0) is 17.4. The molecule has 0 aromatic heterocycles. The third kappa shape index (κ3) is 4.35. The van der Waals surface area contributed by atoms with E-state index in [0.717, 1.165) is 20.9 Å². The van der Waals surface area contributed by atoms with Crippen LogP contribution >= 0.6 is 11.8 Å². The van der Waals surface area contributed by atoms with Gasteiger partial charge in [0.1, 0.15) is 11.6 Å². The van der Waals surface area contributed by atoms with Gasteiger partial charge in [-0.1, -0.05) is 53.3 Å². The SMILES string of the molecule is CC(C)(C)c1cc(F)ccc1Sc1ccc(F)cc1C(C)(C)C. The molecule has 0 atom stereocenters. The summed E-state index contributed by atoms with van der Waals surface area (Å²) in [4.78, 5) is 2.02. The van der Waals surface area contributed by atoms with Gasteiger partial charge >= 0.3 is 0 Å². The highest BCUT2D eigenvalue weighted by molar-refractivity contribution is 7.99. The Balaban J connectivity index is 2.53. The molecule has 0 spiro atoms. The van der Waals surface area contributed by atoms with E-state index in [9.17, 15) is 8.78 Å². The van der Waals surface area contributed by atoms with Crippen LogP contribution in [0.3, 0.4) is 0 Å². The van der Waals surface area contributed by atoms with E-state index < -0.39 is 0 Å². The Morgan fingerprint density at radius 1 is 0.652 bits per heavy atom. The van der Waals surface area contributed by atoms with E-state index in [1.54, 1.807) is 23.9 Å². The topological polar surface area (TPSA) is 0 Å². The van der Waals surface area contributed by atoms with Crippen LogP contribution in [0.4, 0.5) is 8.78 Å². The van der Waals surface area contributed by atoms with Gasteiger partial charge in [0.25, 0.3) is 0 Å². The first-order valence-corrected chi connectivity index (χ1v) is 8.58. The molecule has 2 aromatic carbocycles. The van der Waals surface area contributed by atoms with Gasteiger partial charge in [0.2, 0.25) is 0 Å². The Morgan fingerprint density at radius 3 is 1.30 bits per heavy atom. The average molecular weight is 334 g/mol. The van der Waals surface area contributed by atoms with E-state index >= 15 is 0 Å². The van der Waals surface area contributed by atoms with Gasteiger partial charge in [0.05, 0.1) is 0 Å². The van der Waals surface area contributed by atoms with Gasteiger partial charge in [0.15, 0.2) is 0 Å². The van der Waals surface area contributed by atoms with Crippen LogP contribution in [0, 0.1) is 11.6 Å². The number of hydrogen-bond donors (Lipinski definition) is 0. The van der Waals surface area contributed by atoms with Crippen molar-refractivity contribution in [3.05, 3.63) is 59.2 Å². The van der Waals surface area contributed by atoms with E-state index in [0.29, 0.717) is 0 Å². The molecule has 0 saturated heterocycles. The first kappa shape index (κ1) is 18.0. The van der Waals surface area contributed by atoms with Gasteiger partial charge in [-0.15, -0.1) is 0 Å². The van der Waals surface area contributed by atoms with Gasteiger partial charge in [-0.3, -0.25) is 0 Å². The Morgan fingerprint density at radius 2 is 1.00 bits per heavy atom. The van der Waals surface area contributed by atoms with Crippen molar-refractivity contribution in [2.45, 2.75) is 62.2 Å². The molecule has 0 radical (unpaired) electrons. The standard InChI is InChI=1S/C20H24F2S/c1-19(2,3)15-11-13(21)7-9-17(15)23-18-10-8-14(22)12-16(18)20(4,5)6/h7-12H,1-6H3. The maximum atomic E-state index is 13.7. The van der Waals surface area contributed by atoms with E-state index in [1.807, 2.05) is 12.1 Å². The summed E-state index contributed by atoms with van der Waals surface area (Å²) in [6.45, 7) is 12.4. The number of halogens is 2. The van der Waals surface area contributed by atoms with Crippen LogP contribution < -0.4 is 0 Å². The highest BCUT2D eigenvalue weighted by Gasteiger charge is 2.23. The molecule has 2 aromatic rings. The van der Waals surface area contributed by atoms with Crippen molar-refractivity contribution in [1.29, 1.82) is 0 Å². The van der Waals surface area contributed by atoms with Gasteiger partial charge in [-0.05, 0) is 58.4 Å². The lowest BCUT2D eigenvalue weighted by Crippen LogP contribution is -2.14. The molecular weight excluding hydrogens is 310 g/mol. The minimum Gasteiger partial charge on any atom is -0.207 e. The third-order valence-corrected chi connectivity index (χ3v) is 4.87. The molecule has 0 aliphatic heterocycles. The van der Waals surface area contributed by atoms with Crippen molar-refractivity contribution in [2.24, 2.45) is 0 Å². The second-order valence-corrected chi connectivity index (χ2v) is 8.97. The molecule has 0 aliphatic carbocycles. The second-order valence-electron chi connectivity index (χ2n) is 7.88. The van der Waals surface area contributed by atoms with Gasteiger partial charge in [0, 0.05) is 9.79 Å². The second kappa shape index (κ2) is 6.27. The molecule has 0 N–H and O–H groups in total. The quantitative estimate of drug-likeness (QED) is 0.588. The zero-order valence-electron chi connectivity index (χ0n) is 14.6. The van der Waals surface area contributed by atoms with Gasteiger partial charge < -0.3 is 0 Å². The van der Waals surface area contributed by atoms with E-state index in [4.69, 9.17) is 0 Å². The van der Waals surface area contributed by atoms with Crippen LogP contribution in [0.2, 0.25) is 0 Å². The van der Waals surface area contributed by atoms with Crippen molar-refractivity contribution >= 4 is 11.8 Å². The van der Waals surface area contributed by atoms with Crippen LogP contribution in [0.5, 0.6) is 0 Å². The van der Waals surface area contributed by atoms with Crippen LogP contribution in [-0.4, -0.2) is 0 Å². The maximum Gasteiger partial charge on any atom is 0.123 e. The van der Waals surface area contributed by atoms with Gasteiger partial charge in [-0.2, -0.15) is 0 Å². The highest BCUT2D eigenvalue weighted by atomic mass is 32.2. The fourth-order valence-corrected chi connectivity index (χ4v) is 3.93. The van der Waals surface area contributed by atoms with Gasteiger partial charge in [-0.25, -0.2) is 8.78 Å². The maximum absolute atomic E-state index is 13.7. The van der Waals surface area contributed by atoms with Crippen LogP contribution in [-0.2, 0) is 10.8 Å². The predicted octanol–water partition coefficient (Wildman–Crippen LogP) is 6.71. The minimum atomic E-state index is -0.227. The fraction of sp³-hybridized carbons (Fsp3) is 0.400. The summed E-state index contributed by atoms with van der Waals surface area (Å²) in [5.74, 6) is -0.455. The largest absolute Gasteiger partial charge is 0.207 e. The molecular formula is C20H24F2S. The summed E-state index contributed by atoms with van der Waals surface area (Å²) >= 11 is 1.58. The van der Waals surface area contributed by atoms with Crippen LogP contribution in [0.25, 0.3) is 0 Å². The van der Waals surface area contributed by atoms with E-state index in [1.165, 1.54) is 12.1 Å². The van der Waals surface area contributed by atoms with Crippen molar-refractivity contribution in [3.8, 4) is 0 Å². The van der Waals surface area contributed by atoms with Crippen molar-refractivity contribution < 1.29 is 8.78 Å². The fourth-order valence-electron chi connectivity index (χ4n) is 2.47. The molecule has 0 unspecified atom stereocenters. The molecule has 3 heteroatoms. The van der Waals surface area contributed by atoms with Crippen molar-refractivity contribution in [1.82, 2.24) is 0 Å². The molecule has 0 fully saturated rings. The number of rotatable bonds is 2. The van der Waals surface area contributed by atoms with Crippen LogP contribution in [0.15, 0.2) is 46.2 Å². The smallest absolute Gasteiger partial charge is 0.123 e. The number of hydrogen-bond acceptors (Lipinski definition) is 1. The molecule has 124 valence electrons. The summed E-state index contributed by atoms with van der Waals surface area (Å²) in [5, 5.41) is 0. The lowest BCUT2D eigenvalue weighted by Gasteiger charge is -2.25. The summed E-state index contributed by atoms with van der Waals surface area (Å²) < 4.78 is 27.4. The van der Waals surface area contributed by atoms with E-state index in [2.05, 4.69) is 41.5 Å². The molecule has 23 heavy (non-hydrogen) atoms. The Labute approximate surface area is 142 Å². The summed E-state index contributed by atoms with van der Waals surface area (Å²) in [6, 6.07) is 9.80. The Kier molecular flexibility index (Phi) is 4.91. The Bertz CT molecular complexity index is 645. The highest BCUT2D eigenvalue weighted by Crippen LogP contribution is 2.41.